The van der Waals surface area contributed by atoms with E-state index in [2.05, 4.69) is 5.32 Å². The smallest absolute Gasteiger partial charge is 0.307 e. The summed E-state index contributed by atoms with van der Waals surface area (Å²) in [7, 11) is 0. The molecule has 11 heteroatoms. The molecule has 2 aromatic carbocycles. The van der Waals surface area contributed by atoms with Crippen molar-refractivity contribution < 1.29 is 33.0 Å². The normalized spacial score (nSPS) is 16.6. The number of nitrogens with zero attached hydrogens (tertiary/aromatic N) is 2. The minimum absolute atomic E-state index is 0.157. The van der Waals surface area contributed by atoms with E-state index in [-0.39, 0.29) is 18.2 Å². The molecule has 1 aliphatic carbocycles. The molecular formula is C35H38F2N4O5. The summed E-state index contributed by atoms with van der Waals surface area (Å²) in [6.07, 6.45) is 6.26. The predicted octanol–water partition coefficient (Wildman–Crippen LogP) is 6.80. The van der Waals surface area contributed by atoms with Crippen LogP contribution in [-0.4, -0.2) is 47.1 Å². The van der Waals surface area contributed by atoms with Gasteiger partial charge in [0.2, 0.25) is 0 Å². The number of carbonyl (C=O) groups excluding carboxylic acids is 2. The number of aromatic nitrogens is 1. The van der Waals surface area contributed by atoms with E-state index < -0.39 is 36.0 Å². The molecule has 1 saturated carbocycles. The Labute approximate surface area is 266 Å². The van der Waals surface area contributed by atoms with Gasteiger partial charge in [-0.1, -0.05) is 45.2 Å². The van der Waals surface area contributed by atoms with Crippen LogP contribution < -0.4 is 15.0 Å². The number of anilines is 2. The number of carbonyl (C=O) groups is 3. The van der Waals surface area contributed by atoms with Crippen molar-refractivity contribution >= 4 is 35.9 Å². The number of hydrogen-bond donors (Lipinski definition) is 3. The fourth-order valence-corrected chi connectivity index (χ4v) is 6.31. The van der Waals surface area contributed by atoms with Crippen molar-refractivity contribution in [2.24, 2.45) is 11.8 Å². The van der Waals surface area contributed by atoms with E-state index in [1.807, 2.05) is 13.8 Å². The zero-order valence-electron chi connectivity index (χ0n) is 25.9. The van der Waals surface area contributed by atoms with E-state index in [1.54, 1.807) is 18.2 Å². The van der Waals surface area contributed by atoms with Crippen LogP contribution in [0.4, 0.5) is 20.3 Å². The number of benzene rings is 2. The number of nitrogens with one attached hydrogen (secondary N) is 2. The van der Waals surface area contributed by atoms with Gasteiger partial charge < -0.3 is 25.5 Å². The summed E-state index contributed by atoms with van der Waals surface area (Å²) in [4.78, 5) is 43.8. The highest BCUT2D eigenvalue weighted by atomic mass is 19.2. The van der Waals surface area contributed by atoms with Gasteiger partial charge in [-0.15, -0.1) is 0 Å². The third kappa shape index (κ3) is 7.08. The van der Waals surface area contributed by atoms with Gasteiger partial charge in [-0.25, -0.2) is 13.8 Å². The molecule has 0 radical (unpaired) electrons. The quantitative estimate of drug-likeness (QED) is 0.148. The zero-order valence-corrected chi connectivity index (χ0v) is 25.9. The number of rotatable bonds is 12. The molecule has 1 aromatic heterocycles. The summed E-state index contributed by atoms with van der Waals surface area (Å²) in [5.41, 5.74) is 2.95. The molecule has 242 valence electrons. The fourth-order valence-electron chi connectivity index (χ4n) is 6.31. The van der Waals surface area contributed by atoms with Crippen LogP contribution in [-0.2, 0) is 22.6 Å². The van der Waals surface area contributed by atoms with Crippen LogP contribution in [0.1, 0.15) is 79.6 Å². The van der Waals surface area contributed by atoms with Crippen molar-refractivity contribution in [3.8, 4) is 16.9 Å². The second-order valence-electron chi connectivity index (χ2n) is 12.4. The van der Waals surface area contributed by atoms with Gasteiger partial charge in [0, 0.05) is 29.4 Å². The number of ether oxygens (including phenoxy) is 1. The number of aliphatic carboxylic acids is 1. The first-order chi connectivity index (χ1) is 22.1. The molecule has 0 spiro atoms. The number of hydrogen-bond acceptors (Lipinski definition) is 7. The fraction of sp³-hybridized carbons (Fsp3) is 0.400. The molecule has 3 aromatic rings. The van der Waals surface area contributed by atoms with E-state index in [4.69, 9.17) is 15.1 Å². The van der Waals surface area contributed by atoms with Crippen LogP contribution in [0.3, 0.4) is 0 Å². The summed E-state index contributed by atoms with van der Waals surface area (Å²) in [5, 5.41) is 21.3. The van der Waals surface area contributed by atoms with Crippen LogP contribution in [0.15, 0.2) is 36.4 Å². The van der Waals surface area contributed by atoms with Gasteiger partial charge in [-0.05, 0) is 66.5 Å². The first-order valence-corrected chi connectivity index (χ1v) is 15.6. The number of fused-ring (bicyclic) bond motifs is 1. The highest BCUT2D eigenvalue weighted by Gasteiger charge is 2.36. The van der Waals surface area contributed by atoms with Crippen LogP contribution in [0.5, 0.6) is 5.75 Å². The van der Waals surface area contributed by atoms with Gasteiger partial charge >= 0.3 is 5.97 Å². The molecule has 46 heavy (non-hydrogen) atoms. The second-order valence-corrected chi connectivity index (χ2v) is 12.4. The standard InChI is InChI=1S/C35H38F2N4O5/c1-20(2)12-28-25(19-42)33(24(16-38)34(40-28)39-17-21-6-4-3-5-7-21)23-9-11-29-30(14-23)46-31(15-32(43)44)35(45)41(29)18-22-8-10-26(36)27(37)13-22/h8-11,13-14,16,19-21,31,38H,3-7,12,15,17-18H2,1-2H3,(H,39,40)(H,43,44). The maximum atomic E-state index is 14.0. The Morgan fingerprint density at radius 1 is 1.13 bits per heavy atom. The van der Waals surface area contributed by atoms with Gasteiger partial charge in [0.05, 0.1) is 24.3 Å². The Balaban J connectivity index is 1.61. The summed E-state index contributed by atoms with van der Waals surface area (Å²) in [5.74, 6) is -2.62. The van der Waals surface area contributed by atoms with E-state index in [0.717, 1.165) is 31.3 Å². The first-order valence-electron chi connectivity index (χ1n) is 15.6. The van der Waals surface area contributed by atoms with Crippen molar-refractivity contribution in [3.05, 3.63) is 70.4 Å². The summed E-state index contributed by atoms with van der Waals surface area (Å²) >= 11 is 0. The monoisotopic (exact) mass is 632 g/mol. The lowest BCUT2D eigenvalue weighted by Crippen LogP contribution is -2.46. The first kappa shape index (κ1) is 32.7. The van der Waals surface area contributed by atoms with Gasteiger partial charge in [0.1, 0.15) is 11.6 Å². The van der Waals surface area contributed by atoms with Crippen LogP contribution in [0.2, 0.25) is 0 Å². The van der Waals surface area contributed by atoms with Crippen molar-refractivity contribution in [3.63, 3.8) is 0 Å². The van der Waals surface area contributed by atoms with Crippen LogP contribution >= 0.6 is 0 Å². The van der Waals surface area contributed by atoms with Crippen molar-refractivity contribution in [1.29, 1.82) is 5.41 Å². The van der Waals surface area contributed by atoms with Gasteiger partial charge in [-0.3, -0.25) is 14.4 Å². The van der Waals surface area contributed by atoms with Crippen molar-refractivity contribution in [1.82, 2.24) is 4.98 Å². The minimum Gasteiger partial charge on any atom is -0.481 e. The molecule has 1 atom stereocenters. The SMILES string of the molecule is CC(C)Cc1nc(NCC2CCCCC2)c(C=N)c(-c2ccc3c(c2)OC(CC(=O)O)C(=O)N3Cc2ccc(F)c(F)c2)c1C=O. The molecule has 0 saturated heterocycles. The minimum atomic E-state index is -1.38. The molecular weight excluding hydrogens is 594 g/mol. The van der Waals surface area contributed by atoms with Crippen LogP contribution in [0, 0.1) is 28.9 Å². The third-order valence-electron chi connectivity index (χ3n) is 8.53. The lowest BCUT2D eigenvalue weighted by molar-refractivity contribution is -0.142. The van der Waals surface area contributed by atoms with E-state index in [9.17, 15) is 28.3 Å². The Hall–Kier alpha value is -4.67. The largest absolute Gasteiger partial charge is 0.481 e. The molecule has 1 amide bonds. The lowest BCUT2D eigenvalue weighted by Gasteiger charge is -2.34. The number of carboxylic acids is 1. The molecule has 0 bridgehead atoms. The topological polar surface area (TPSA) is 133 Å². The molecule has 3 N–H and O–H groups in total. The average Bonchev–Trinajstić information content (AvgIpc) is 3.03. The Morgan fingerprint density at radius 2 is 1.89 bits per heavy atom. The highest BCUT2D eigenvalue weighted by molar-refractivity contribution is 6.04. The second kappa shape index (κ2) is 14.2. The molecule has 2 aliphatic rings. The van der Waals surface area contributed by atoms with Crippen LogP contribution in [0.25, 0.3) is 11.1 Å². The Kier molecular flexibility index (Phi) is 10.1. The molecule has 1 fully saturated rings. The predicted molar refractivity (Wildman–Crippen MR) is 171 cm³/mol. The van der Waals surface area contributed by atoms with Gasteiger partial charge in [0.25, 0.3) is 5.91 Å². The van der Waals surface area contributed by atoms with Crippen molar-refractivity contribution in [2.45, 2.75) is 71.4 Å². The van der Waals surface area contributed by atoms with E-state index in [0.29, 0.717) is 63.9 Å². The van der Waals surface area contributed by atoms with Gasteiger partial charge in [-0.2, -0.15) is 0 Å². The molecule has 1 aliphatic heterocycles. The maximum Gasteiger partial charge on any atom is 0.307 e. The number of amides is 1. The van der Waals surface area contributed by atoms with Gasteiger partial charge in [0.15, 0.2) is 24.0 Å². The number of halogens is 2. The molecule has 5 rings (SSSR count). The van der Waals surface area contributed by atoms with E-state index in [1.165, 1.54) is 36.4 Å². The number of aldehydes is 1. The summed E-state index contributed by atoms with van der Waals surface area (Å²) in [6, 6.07) is 8.23. The Morgan fingerprint density at radius 3 is 2.54 bits per heavy atom. The molecule has 2 heterocycles. The average molecular weight is 633 g/mol. The highest BCUT2D eigenvalue weighted by Crippen LogP contribution is 2.42. The summed E-state index contributed by atoms with van der Waals surface area (Å²) in [6.45, 7) is 4.60. The molecule has 1 unspecified atom stereocenters. The summed E-state index contributed by atoms with van der Waals surface area (Å²) < 4.78 is 33.6. The molecule has 9 nitrogen and oxygen atoms in total. The number of carboxylic acid groups (broad SMARTS) is 1. The Bertz CT molecular complexity index is 1650. The third-order valence-corrected chi connectivity index (χ3v) is 8.53. The van der Waals surface area contributed by atoms with E-state index >= 15 is 0 Å². The maximum absolute atomic E-state index is 14.0. The lowest BCUT2D eigenvalue weighted by atomic mass is 9.89. The van der Waals surface area contributed by atoms with Crippen molar-refractivity contribution in [2.75, 3.05) is 16.8 Å². The number of pyridine rings is 1. The zero-order chi connectivity index (χ0) is 33.0.